The van der Waals surface area contributed by atoms with Gasteiger partial charge in [0.2, 0.25) is 10.0 Å². The van der Waals surface area contributed by atoms with Crippen molar-refractivity contribution in [2.24, 2.45) is 0 Å². The monoisotopic (exact) mass is 416 g/mol. The van der Waals surface area contributed by atoms with Gasteiger partial charge in [0.05, 0.1) is 24.1 Å². The molecular formula is C17H18Cl2N2O4S. The minimum Gasteiger partial charge on any atom is -0.496 e. The van der Waals surface area contributed by atoms with Gasteiger partial charge < -0.3 is 9.64 Å². The maximum absolute atomic E-state index is 12.7. The van der Waals surface area contributed by atoms with Gasteiger partial charge in [0.1, 0.15) is 5.75 Å². The molecule has 0 spiro atoms. The molecule has 0 aliphatic heterocycles. The zero-order valence-electron chi connectivity index (χ0n) is 14.4. The largest absolute Gasteiger partial charge is 0.496 e. The standard InChI is InChI=1S/C17H18Cl2N2O4S/c1-21(10-12-8-13(18)5-7-16(12)25-2)17(22)11-4-6-14(19)15(9-11)20-26(3,23)24/h4-9,20H,10H2,1-3H3. The molecule has 9 heteroatoms. The highest BCUT2D eigenvalue weighted by Crippen LogP contribution is 2.26. The number of nitrogens with one attached hydrogen (secondary N) is 1. The first-order valence-electron chi connectivity index (χ1n) is 7.46. The maximum atomic E-state index is 12.7. The van der Waals surface area contributed by atoms with Gasteiger partial charge in [0, 0.05) is 29.7 Å². The summed E-state index contributed by atoms with van der Waals surface area (Å²) in [5.74, 6) is 0.310. The second-order valence-corrected chi connectivity index (χ2v) is 8.28. The van der Waals surface area contributed by atoms with Crippen molar-refractivity contribution in [3.05, 3.63) is 57.6 Å². The lowest BCUT2D eigenvalue weighted by Gasteiger charge is -2.20. The quantitative estimate of drug-likeness (QED) is 0.779. The Kier molecular flexibility index (Phi) is 6.39. The van der Waals surface area contributed by atoms with Gasteiger partial charge in [0.25, 0.3) is 5.91 Å². The van der Waals surface area contributed by atoms with Crippen LogP contribution in [-0.2, 0) is 16.6 Å². The Hall–Kier alpha value is -1.96. The van der Waals surface area contributed by atoms with Crippen LogP contribution < -0.4 is 9.46 Å². The van der Waals surface area contributed by atoms with Crippen molar-refractivity contribution in [2.75, 3.05) is 25.1 Å². The number of rotatable bonds is 6. The Bertz CT molecular complexity index is 932. The van der Waals surface area contributed by atoms with Crippen LogP contribution >= 0.6 is 23.2 Å². The second kappa shape index (κ2) is 8.16. The molecule has 1 N–H and O–H groups in total. The number of carbonyl (C=O) groups excluding carboxylic acids is 1. The molecule has 0 heterocycles. The molecule has 0 aliphatic carbocycles. The first kappa shape index (κ1) is 20.4. The predicted octanol–water partition coefficient (Wildman–Crippen LogP) is 3.65. The van der Waals surface area contributed by atoms with Crippen LogP contribution in [-0.4, -0.2) is 39.6 Å². The van der Waals surface area contributed by atoms with E-state index in [2.05, 4.69) is 4.72 Å². The Morgan fingerprint density at radius 2 is 1.88 bits per heavy atom. The lowest BCUT2D eigenvalue weighted by molar-refractivity contribution is 0.0784. The summed E-state index contributed by atoms with van der Waals surface area (Å²) in [6.45, 7) is 0.264. The summed E-state index contributed by atoms with van der Waals surface area (Å²) in [7, 11) is -0.351. The number of nitrogens with zero attached hydrogens (tertiary/aromatic N) is 1. The molecule has 0 saturated heterocycles. The van der Waals surface area contributed by atoms with Crippen LogP contribution in [0, 0.1) is 0 Å². The molecule has 0 aromatic heterocycles. The number of ether oxygens (including phenoxy) is 1. The molecule has 2 aromatic rings. The number of halogens is 2. The van der Waals surface area contributed by atoms with Crippen LogP contribution in [0.4, 0.5) is 5.69 Å². The lowest BCUT2D eigenvalue weighted by Crippen LogP contribution is -2.26. The van der Waals surface area contributed by atoms with Crippen LogP contribution in [0.25, 0.3) is 0 Å². The lowest BCUT2D eigenvalue weighted by atomic mass is 10.1. The smallest absolute Gasteiger partial charge is 0.253 e. The topological polar surface area (TPSA) is 75.7 Å². The van der Waals surface area contributed by atoms with Crippen LogP contribution in [0.15, 0.2) is 36.4 Å². The van der Waals surface area contributed by atoms with E-state index in [1.807, 2.05) is 0 Å². The van der Waals surface area contributed by atoms with E-state index in [0.717, 1.165) is 11.8 Å². The fourth-order valence-electron chi connectivity index (χ4n) is 2.35. The third-order valence-electron chi connectivity index (χ3n) is 3.51. The van der Waals surface area contributed by atoms with Crippen molar-refractivity contribution in [1.29, 1.82) is 0 Å². The Morgan fingerprint density at radius 1 is 1.19 bits per heavy atom. The van der Waals surface area contributed by atoms with E-state index in [1.54, 1.807) is 25.2 Å². The van der Waals surface area contributed by atoms with Crippen molar-refractivity contribution >= 4 is 44.8 Å². The van der Waals surface area contributed by atoms with Gasteiger partial charge in [-0.25, -0.2) is 8.42 Å². The van der Waals surface area contributed by atoms with E-state index < -0.39 is 10.0 Å². The minimum absolute atomic E-state index is 0.147. The van der Waals surface area contributed by atoms with E-state index in [-0.39, 0.29) is 23.2 Å². The summed E-state index contributed by atoms with van der Waals surface area (Å²) in [4.78, 5) is 14.2. The zero-order chi connectivity index (χ0) is 19.5. The Morgan fingerprint density at radius 3 is 2.50 bits per heavy atom. The highest BCUT2D eigenvalue weighted by molar-refractivity contribution is 7.92. The summed E-state index contributed by atoms with van der Waals surface area (Å²) < 4.78 is 30.4. The van der Waals surface area contributed by atoms with Crippen molar-refractivity contribution in [3.8, 4) is 5.75 Å². The number of hydrogen-bond donors (Lipinski definition) is 1. The van der Waals surface area contributed by atoms with Crippen LogP contribution in [0.2, 0.25) is 10.0 Å². The molecule has 0 saturated carbocycles. The molecule has 0 aliphatic rings. The number of sulfonamides is 1. The number of anilines is 1. The molecule has 0 fully saturated rings. The van der Waals surface area contributed by atoms with Gasteiger partial charge in [-0.1, -0.05) is 23.2 Å². The number of hydrogen-bond acceptors (Lipinski definition) is 4. The van der Waals surface area contributed by atoms with Gasteiger partial charge in [-0.3, -0.25) is 9.52 Å². The average Bonchev–Trinajstić information content (AvgIpc) is 2.55. The molecule has 2 rings (SSSR count). The van der Waals surface area contributed by atoms with Gasteiger partial charge in [-0.05, 0) is 36.4 Å². The van der Waals surface area contributed by atoms with E-state index in [0.29, 0.717) is 16.3 Å². The highest BCUT2D eigenvalue weighted by Gasteiger charge is 2.17. The maximum Gasteiger partial charge on any atom is 0.253 e. The summed E-state index contributed by atoms with van der Waals surface area (Å²) in [5.41, 5.74) is 1.19. The predicted molar refractivity (Wildman–Crippen MR) is 104 cm³/mol. The van der Waals surface area contributed by atoms with Crippen molar-refractivity contribution in [1.82, 2.24) is 4.90 Å². The third-order valence-corrected chi connectivity index (χ3v) is 4.66. The van der Waals surface area contributed by atoms with Gasteiger partial charge in [0.15, 0.2) is 0 Å². The van der Waals surface area contributed by atoms with Crippen molar-refractivity contribution in [2.45, 2.75) is 6.54 Å². The fraction of sp³-hybridized carbons (Fsp3) is 0.235. The molecule has 26 heavy (non-hydrogen) atoms. The Balaban J connectivity index is 2.26. The van der Waals surface area contributed by atoms with Crippen LogP contribution in [0.5, 0.6) is 5.75 Å². The molecule has 0 bridgehead atoms. The first-order chi connectivity index (χ1) is 12.1. The number of carbonyl (C=O) groups is 1. The first-order valence-corrected chi connectivity index (χ1v) is 10.1. The SMILES string of the molecule is COc1ccc(Cl)cc1CN(C)C(=O)c1ccc(Cl)c(NS(C)(=O)=O)c1. The zero-order valence-corrected chi connectivity index (χ0v) is 16.7. The highest BCUT2D eigenvalue weighted by atomic mass is 35.5. The summed E-state index contributed by atoms with van der Waals surface area (Å²) in [6.07, 6.45) is 1.01. The van der Waals surface area contributed by atoms with Crippen LogP contribution in [0.3, 0.4) is 0 Å². The number of benzene rings is 2. The van der Waals surface area contributed by atoms with E-state index in [9.17, 15) is 13.2 Å². The molecule has 0 radical (unpaired) electrons. The van der Waals surface area contributed by atoms with Gasteiger partial charge in [-0.15, -0.1) is 0 Å². The van der Waals surface area contributed by atoms with Gasteiger partial charge >= 0.3 is 0 Å². The average molecular weight is 417 g/mol. The number of amides is 1. The number of methoxy groups -OCH3 is 1. The fourth-order valence-corrected chi connectivity index (χ4v) is 3.34. The molecule has 6 nitrogen and oxygen atoms in total. The van der Waals surface area contributed by atoms with Crippen LogP contribution in [0.1, 0.15) is 15.9 Å². The molecule has 0 atom stereocenters. The van der Waals surface area contributed by atoms with Crippen molar-refractivity contribution < 1.29 is 17.9 Å². The summed E-state index contributed by atoms with van der Waals surface area (Å²) in [6, 6.07) is 9.56. The summed E-state index contributed by atoms with van der Waals surface area (Å²) in [5, 5.41) is 0.735. The third kappa shape index (κ3) is 5.27. The minimum atomic E-state index is -3.52. The molecule has 2 aromatic carbocycles. The van der Waals surface area contributed by atoms with E-state index in [1.165, 1.54) is 30.2 Å². The van der Waals surface area contributed by atoms with E-state index >= 15 is 0 Å². The second-order valence-electron chi connectivity index (χ2n) is 5.69. The van der Waals surface area contributed by atoms with Gasteiger partial charge in [-0.2, -0.15) is 0 Å². The molecule has 140 valence electrons. The summed E-state index contributed by atoms with van der Waals surface area (Å²) >= 11 is 12.0. The normalized spacial score (nSPS) is 11.1. The molecule has 0 unspecified atom stereocenters. The van der Waals surface area contributed by atoms with Crippen molar-refractivity contribution in [3.63, 3.8) is 0 Å². The molecular weight excluding hydrogens is 399 g/mol. The Labute approximate surface area is 162 Å². The van der Waals surface area contributed by atoms with E-state index in [4.69, 9.17) is 27.9 Å². The molecule has 1 amide bonds.